The number of aryl methyl sites for hydroxylation is 1. The van der Waals surface area contributed by atoms with Crippen molar-refractivity contribution in [3.05, 3.63) is 42.2 Å². The maximum atomic E-state index is 12.2. The molecule has 1 N–H and O–H groups in total. The number of carbonyl (C=O) groups excluding carboxylic acids is 1. The van der Waals surface area contributed by atoms with Crippen LogP contribution in [0, 0.1) is 6.92 Å². The third-order valence-electron chi connectivity index (χ3n) is 2.96. The van der Waals surface area contributed by atoms with Crippen LogP contribution in [0.2, 0.25) is 0 Å². The third-order valence-corrected chi connectivity index (χ3v) is 2.96. The van der Waals surface area contributed by atoms with E-state index in [2.05, 4.69) is 10.5 Å². The Morgan fingerprint density at radius 1 is 1.35 bits per heavy atom. The van der Waals surface area contributed by atoms with Crippen LogP contribution in [0.15, 0.2) is 40.9 Å². The van der Waals surface area contributed by atoms with E-state index in [4.69, 9.17) is 4.52 Å². The van der Waals surface area contributed by atoms with Crippen molar-refractivity contribution < 1.29 is 9.32 Å². The second kappa shape index (κ2) is 6.75. The van der Waals surface area contributed by atoms with Gasteiger partial charge < -0.3 is 14.7 Å². The van der Waals surface area contributed by atoms with Crippen LogP contribution in [0.3, 0.4) is 0 Å². The molecular formula is C15H19N3O2. The summed E-state index contributed by atoms with van der Waals surface area (Å²) in [5, 5.41) is 6.90. The van der Waals surface area contributed by atoms with Gasteiger partial charge in [0.1, 0.15) is 5.76 Å². The number of hydrogen-bond donors (Lipinski definition) is 1. The fourth-order valence-electron chi connectivity index (χ4n) is 1.99. The summed E-state index contributed by atoms with van der Waals surface area (Å²) in [5.41, 5.74) is 0.928. The van der Waals surface area contributed by atoms with Crippen molar-refractivity contribution in [1.82, 2.24) is 5.16 Å². The summed E-state index contributed by atoms with van der Waals surface area (Å²) >= 11 is 0. The van der Waals surface area contributed by atoms with Crippen LogP contribution in [0.1, 0.15) is 19.1 Å². The highest BCUT2D eigenvalue weighted by Gasteiger charge is 2.13. The highest BCUT2D eigenvalue weighted by Crippen LogP contribution is 2.14. The van der Waals surface area contributed by atoms with Crippen LogP contribution >= 0.6 is 0 Å². The Morgan fingerprint density at radius 3 is 2.70 bits per heavy atom. The summed E-state index contributed by atoms with van der Waals surface area (Å²) in [6.07, 6.45) is 0.411. The van der Waals surface area contributed by atoms with Crippen molar-refractivity contribution in [3.8, 4) is 0 Å². The zero-order valence-corrected chi connectivity index (χ0v) is 11.8. The standard InChI is InChI=1S/C15H19N3O2/c1-3-18(13-7-5-4-6-8-13)15(19)9-10-16-14-11-12(2)20-17-14/h4-8,11H,3,9-10H2,1-2H3,(H,16,17). The molecule has 0 spiro atoms. The van der Waals surface area contributed by atoms with E-state index in [0.29, 0.717) is 25.3 Å². The van der Waals surface area contributed by atoms with Gasteiger partial charge in [-0.3, -0.25) is 4.79 Å². The number of benzene rings is 1. The Labute approximate surface area is 118 Å². The lowest BCUT2D eigenvalue weighted by Crippen LogP contribution is -2.31. The Hall–Kier alpha value is -2.30. The lowest BCUT2D eigenvalue weighted by molar-refractivity contribution is -0.118. The van der Waals surface area contributed by atoms with Gasteiger partial charge in [-0.05, 0) is 26.0 Å². The number of carbonyl (C=O) groups is 1. The van der Waals surface area contributed by atoms with E-state index < -0.39 is 0 Å². The van der Waals surface area contributed by atoms with E-state index in [-0.39, 0.29) is 5.91 Å². The molecule has 5 nitrogen and oxygen atoms in total. The number of rotatable bonds is 6. The van der Waals surface area contributed by atoms with Gasteiger partial charge in [0.15, 0.2) is 5.82 Å². The lowest BCUT2D eigenvalue weighted by atomic mass is 10.2. The van der Waals surface area contributed by atoms with Crippen molar-refractivity contribution >= 4 is 17.4 Å². The predicted octanol–water partition coefficient (Wildman–Crippen LogP) is 2.84. The quantitative estimate of drug-likeness (QED) is 0.879. The van der Waals surface area contributed by atoms with Gasteiger partial charge in [-0.2, -0.15) is 0 Å². The van der Waals surface area contributed by atoms with E-state index in [1.54, 1.807) is 11.0 Å². The van der Waals surface area contributed by atoms with Gasteiger partial charge in [-0.1, -0.05) is 23.4 Å². The first-order valence-corrected chi connectivity index (χ1v) is 6.73. The second-order valence-electron chi connectivity index (χ2n) is 4.47. The molecule has 0 saturated carbocycles. The van der Waals surface area contributed by atoms with Crippen molar-refractivity contribution in [2.24, 2.45) is 0 Å². The largest absolute Gasteiger partial charge is 0.367 e. The minimum Gasteiger partial charge on any atom is -0.367 e. The normalized spacial score (nSPS) is 10.3. The molecule has 0 unspecified atom stereocenters. The molecule has 2 aromatic rings. The van der Waals surface area contributed by atoms with Crippen LogP contribution < -0.4 is 10.2 Å². The van der Waals surface area contributed by atoms with E-state index in [1.165, 1.54) is 0 Å². The fourth-order valence-corrected chi connectivity index (χ4v) is 1.99. The number of nitrogens with zero attached hydrogens (tertiary/aromatic N) is 2. The molecule has 1 heterocycles. The monoisotopic (exact) mass is 273 g/mol. The molecule has 0 fully saturated rings. The van der Waals surface area contributed by atoms with Gasteiger partial charge in [0, 0.05) is 31.3 Å². The molecule has 0 radical (unpaired) electrons. The summed E-state index contributed by atoms with van der Waals surface area (Å²) < 4.78 is 4.95. The Morgan fingerprint density at radius 2 is 2.10 bits per heavy atom. The minimum atomic E-state index is 0.0893. The molecule has 1 amide bonds. The first-order valence-electron chi connectivity index (χ1n) is 6.73. The van der Waals surface area contributed by atoms with Crippen molar-refractivity contribution in [2.75, 3.05) is 23.3 Å². The highest BCUT2D eigenvalue weighted by molar-refractivity contribution is 5.93. The summed E-state index contributed by atoms with van der Waals surface area (Å²) in [6.45, 7) is 5.00. The highest BCUT2D eigenvalue weighted by atomic mass is 16.5. The molecule has 1 aromatic heterocycles. The molecule has 0 aliphatic heterocycles. The number of hydrogen-bond acceptors (Lipinski definition) is 4. The Kier molecular flexibility index (Phi) is 4.76. The summed E-state index contributed by atoms with van der Waals surface area (Å²) in [5.74, 6) is 1.50. The van der Waals surface area contributed by atoms with Crippen LogP contribution in [-0.2, 0) is 4.79 Å². The van der Waals surface area contributed by atoms with Gasteiger partial charge in [-0.25, -0.2) is 0 Å². The SMILES string of the molecule is CCN(C(=O)CCNc1cc(C)on1)c1ccccc1. The zero-order chi connectivity index (χ0) is 14.4. The Balaban J connectivity index is 1.87. The van der Waals surface area contributed by atoms with E-state index in [9.17, 15) is 4.79 Å². The average molecular weight is 273 g/mol. The predicted molar refractivity (Wildman–Crippen MR) is 78.8 cm³/mol. The topological polar surface area (TPSA) is 58.4 Å². The molecule has 20 heavy (non-hydrogen) atoms. The van der Waals surface area contributed by atoms with Gasteiger partial charge in [-0.15, -0.1) is 0 Å². The van der Waals surface area contributed by atoms with Gasteiger partial charge in [0.2, 0.25) is 5.91 Å². The first kappa shape index (κ1) is 14.1. The maximum Gasteiger partial charge on any atom is 0.228 e. The minimum absolute atomic E-state index is 0.0893. The number of nitrogens with one attached hydrogen (secondary N) is 1. The molecule has 1 aromatic carbocycles. The molecule has 0 aliphatic carbocycles. The molecule has 0 atom stereocenters. The molecule has 0 aliphatic rings. The lowest BCUT2D eigenvalue weighted by Gasteiger charge is -2.21. The van der Waals surface area contributed by atoms with E-state index in [1.807, 2.05) is 44.2 Å². The zero-order valence-electron chi connectivity index (χ0n) is 11.8. The number of amides is 1. The van der Waals surface area contributed by atoms with Gasteiger partial charge in [0.05, 0.1) is 0 Å². The molecule has 0 bridgehead atoms. The summed E-state index contributed by atoms with van der Waals surface area (Å²) in [4.78, 5) is 14.0. The third kappa shape index (κ3) is 3.60. The van der Waals surface area contributed by atoms with Crippen molar-refractivity contribution in [1.29, 1.82) is 0 Å². The molecular weight excluding hydrogens is 254 g/mol. The number of para-hydroxylation sites is 1. The van der Waals surface area contributed by atoms with Crippen LogP contribution in [0.4, 0.5) is 11.5 Å². The van der Waals surface area contributed by atoms with Crippen LogP contribution in [0.5, 0.6) is 0 Å². The fraction of sp³-hybridized carbons (Fsp3) is 0.333. The smallest absolute Gasteiger partial charge is 0.228 e. The first-order chi connectivity index (χ1) is 9.70. The summed E-state index contributed by atoms with van der Waals surface area (Å²) in [6, 6.07) is 11.5. The van der Waals surface area contributed by atoms with Crippen molar-refractivity contribution in [2.45, 2.75) is 20.3 Å². The second-order valence-corrected chi connectivity index (χ2v) is 4.47. The molecule has 0 saturated heterocycles. The van der Waals surface area contributed by atoms with Crippen LogP contribution in [-0.4, -0.2) is 24.2 Å². The van der Waals surface area contributed by atoms with E-state index in [0.717, 1.165) is 11.4 Å². The van der Waals surface area contributed by atoms with E-state index >= 15 is 0 Å². The average Bonchev–Trinajstić information content (AvgIpc) is 2.86. The molecule has 5 heteroatoms. The molecule has 106 valence electrons. The molecule has 2 rings (SSSR count). The Bertz CT molecular complexity index is 551. The van der Waals surface area contributed by atoms with Crippen molar-refractivity contribution in [3.63, 3.8) is 0 Å². The van der Waals surface area contributed by atoms with Crippen LogP contribution in [0.25, 0.3) is 0 Å². The number of aromatic nitrogens is 1. The van der Waals surface area contributed by atoms with Gasteiger partial charge >= 0.3 is 0 Å². The van der Waals surface area contributed by atoms with Gasteiger partial charge in [0.25, 0.3) is 0 Å². The summed E-state index contributed by atoms with van der Waals surface area (Å²) in [7, 11) is 0. The number of anilines is 2. The maximum absolute atomic E-state index is 12.2.